The third-order valence-corrected chi connectivity index (χ3v) is 4.54. The molecule has 1 saturated heterocycles. The Balaban J connectivity index is 1.84. The number of rotatable bonds is 7. The fourth-order valence-corrected chi connectivity index (χ4v) is 3.19. The van der Waals surface area contributed by atoms with E-state index < -0.39 is 0 Å². The van der Waals surface area contributed by atoms with E-state index in [0.29, 0.717) is 18.9 Å². The molecule has 1 aromatic heterocycles. The second-order valence-corrected chi connectivity index (χ2v) is 6.24. The first-order chi connectivity index (χ1) is 10.7. The molecule has 0 atom stereocenters. The van der Waals surface area contributed by atoms with Gasteiger partial charge >= 0.3 is 0 Å². The van der Waals surface area contributed by atoms with E-state index in [1.54, 1.807) is 7.11 Å². The van der Waals surface area contributed by atoms with Crippen LogP contribution in [-0.2, 0) is 22.5 Å². The molecule has 1 aromatic rings. The molecular formula is C17H29N3O2. The predicted octanol–water partition coefficient (Wildman–Crippen LogP) is 2.42. The first kappa shape index (κ1) is 17.0. The molecule has 0 aliphatic carbocycles. The highest BCUT2D eigenvalue weighted by atomic mass is 16.5. The van der Waals surface area contributed by atoms with Crippen molar-refractivity contribution in [3.05, 3.63) is 17.7 Å². The smallest absolute Gasteiger partial charge is 0.224 e. The Morgan fingerprint density at radius 3 is 2.77 bits per heavy atom. The van der Waals surface area contributed by atoms with Crippen LogP contribution >= 0.6 is 0 Å². The summed E-state index contributed by atoms with van der Waals surface area (Å²) in [6, 6.07) is 0. The maximum absolute atomic E-state index is 12.0. The third-order valence-electron chi connectivity index (χ3n) is 4.54. The Morgan fingerprint density at radius 2 is 2.14 bits per heavy atom. The van der Waals surface area contributed by atoms with Crippen LogP contribution in [0.4, 0.5) is 0 Å². The maximum Gasteiger partial charge on any atom is 0.224 e. The molecule has 2 rings (SSSR count). The number of carbonyl (C=O) groups is 1. The molecule has 22 heavy (non-hydrogen) atoms. The van der Waals surface area contributed by atoms with Crippen molar-refractivity contribution in [2.24, 2.45) is 5.92 Å². The Kier molecular flexibility index (Phi) is 6.43. The molecule has 0 radical (unpaired) electrons. The van der Waals surface area contributed by atoms with Gasteiger partial charge in [0.15, 0.2) is 0 Å². The molecule has 0 unspecified atom stereocenters. The van der Waals surface area contributed by atoms with Gasteiger partial charge in [-0.2, -0.15) is 0 Å². The number of hydrogen-bond donors (Lipinski definition) is 0. The molecule has 1 aliphatic heterocycles. The fraction of sp³-hybridized carbons (Fsp3) is 0.765. The largest absolute Gasteiger partial charge is 0.384 e. The summed E-state index contributed by atoms with van der Waals surface area (Å²) in [6.45, 7) is 7.65. The van der Waals surface area contributed by atoms with Crippen molar-refractivity contribution in [1.29, 1.82) is 0 Å². The van der Waals surface area contributed by atoms with Gasteiger partial charge in [0.1, 0.15) is 5.82 Å². The van der Waals surface area contributed by atoms with Crippen molar-refractivity contribution in [3.63, 3.8) is 0 Å². The SMILES string of the molecule is CCCn1c(C)cnc1CC1CCN(C(=O)CCOC)CC1. The van der Waals surface area contributed by atoms with Crippen LogP contribution in [0, 0.1) is 12.8 Å². The van der Waals surface area contributed by atoms with Gasteiger partial charge in [-0.1, -0.05) is 6.92 Å². The molecule has 0 spiro atoms. The average Bonchev–Trinajstić information content (AvgIpc) is 2.87. The minimum Gasteiger partial charge on any atom is -0.384 e. The number of piperidine rings is 1. The Labute approximate surface area is 133 Å². The number of hydrogen-bond acceptors (Lipinski definition) is 3. The normalized spacial score (nSPS) is 16.2. The predicted molar refractivity (Wildman–Crippen MR) is 86.8 cm³/mol. The van der Waals surface area contributed by atoms with Crippen LogP contribution in [0.1, 0.15) is 44.1 Å². The molecular weight excluding hydrogens is 278 g/mol. The number of amides is 1. The van der Waals surface area contributed by atoms with E-state index in [1.807, 2.05) is 11.1 Å². The summed E-state index contributed by atoms with van der Waals surface area (Å²) < 4.78 is 7.33. The summed E-state index contributed by atoms with van der Waals surface area (Å²) in [5.41, 5.74) is 1.25. The molecule has 5 nitrogen and oxygen atoms in total. The van der Waals surface area contributed by atoms with Crippen molar-refractivity contribution in [1.82, 2.24) is 14.5 Å². The van der Waals surface area contributed by atoms with Gasteiger partial charge in [0.2, 0.25) is 5.91 Å². The van der Waals surface area contributed by atoms with Gasteiger partial charge in [0.25, 0.3) is 0 Å². The van der Waals surface area contributed by atoms with Gasteiger partial charge in [-0.15, -0.1) is 0 Å². The molecule has 0 N–H and O–H groups in total. The lowest BCUT2D eigenvalue weighted by molar-refractivity contribution is -0.133. The van der Waals surface area contributed by atoms with E-state index >= 15 is 0 Å². The van der Waals surface area contributed by atoms with Gasteiger partial charge in [0.05, 0.1) is 13.0 Å². The average molecular weight is 307 g/mol. The Bertz CT molecular complexity index is 476. The van der Waals surface area contributed by atoms with Gasteiger partial charge in [0, 0.05) is 45.1 Å². The van der Waals surface area contributed by atoms with Crippen LogP contribution < -0.4 is 0 Å². The van der Waals surface area contributed by atoms with E-state index in [4.69, 9.17) is 4.74 Å². The molecule has 124 valence electrons. The number of nitrogens with zero attached hydrogens (tertiary/aromatic N) is 3. The van der Waals surface area contributed by atoms with E-state index in [0.717, 1.165) is 45.3 Å². The molecule has 1 aliphatic rings. The lowest BCUT2D eigenvalue weighted by Gasteiger charge is -2.32. The molecule has 2 heterocycles. The fourth-order valence-electron chi connectivity index (χ4n) is 3.19. The van der Waals surface area contributed by atoms with Crippen LogP contribution in [-0.4, -0.2) is 47.2 Å². The molecule has 0 saturated carbocycles. The van der Waals surface area contributed by atoms with E-state index in [9.17, 15) is 4.79 Å². The highest BCUT2D eigenvalue weighted by Gasteiger charge is 2.24. The van der Waals surface area contributed by atoms with Crippen LogP contribution in [0.15, 0.2) is 6.20 Å². The van der Waals surface area contributed by atoms with Crippen LogP contribution in [0.2, 0.25) is 0 Å². The Hall–Kier alpha value is -1.36. The second-order valence-electron chi connectivity index (χ2n) is 6.24. The van der Waals surface area contributed by atoms with Gasteiger partial charge < -0.3 is 14.2 Å². The van der Waals surface area contributed by atoms with Crippen molar-refractivity contribution >= 4 is 5.91 Å². The van der Waals surface area contributed by atoms with Crippen molar-refractivity contribution in [2.75, 3.05) is 26.8 Å². The molecule has 1 amide bonds. The van der Waals surface area contributed by atoms with Crippen LogP contribution in [0.25, 0.3) is 0 Å². The van der Waals surface area contributed by atoms with Crippen molar-refractivity contribution in [3.8, 4) is 0 Å². The second kappa shape index (κ2) is 8.32. The third kappa shape index (κ3) is 4.32. The van der Waals surface area contributed by atoms with Crippen LogP contribution in [0.3, 0.4) is 0 Å². The maximum atomic E-state index is 12.0. The summed E-state index contributed by atoms with van der Waals surface area (Å²) in [4.78, 5) is 18.6. The lowest BCUT2D eigenvalue weighted by Crippen LogP contribution is -2.39. The number of likely N-dealkylation sites (tertiary alicyclic amines) is 1. The quantitative estimate of drug-likeness (QED) is 0.777. The number of imidazole rings is 1. The van der Waals surface area contributed by atoms with Crippen molar-refractivity contribution < 1.29 is 9.53 Å². The molecule has 0 bridgehead atoms. The number of aromatic nitrogens is 2. The van der Waals surface area contributed by atoms with E-state index in [2.05, 4.69) is 23.4 Å². The summed E-state index contributed by atoms with van der Waals surface area (Å²) in [5.74, 6) is 2.08. The van der Waals surface area contributed by atoms with E-state index in [-0.39, 0.29) is 5.91 Å². The zero-order valence-electron chi connectivity index (χ0n) is 14.2. The minimum atomic E-state index is 0.226. The zero-order chi connectivity index (χ0) is 15.9. The summed E-state index contributed by atoms with van der Waals surface area (Å²) in [7, 11) is 1.64. The topological polar surface area (TPSA) is 47.4 Å². The minimum absolute atomic E-state index is 0.226. The molecule has 0 aromatic carbocycles. The first-order valence-corrected chi connectivity index (χ1v) is 8.43. The van der Waals surface area contributed by atoms with Gasteiger partial charge in [-0.05, 0) is 32.1 Å². The van der Waals surface area contributed by atoms with Crippen LogP contribution in [0.5, 0.6) is 0 Å². The van der Waals surface area contributed by atoms with Gasteiger partial charge in [-0.3, -0.25) is 4.79 Å². The number of ether oxygens (including phenoxy) is 1. The monoisotopic (exact) mass is 307 g/mol. The standard InChI is InChI=1S/C17H29N3O2/c1-4-8-20-14(2)13-18-16(20)12-15-5-9-19(10-6-15)17(21)7-11-22-3/h13,15H,4-12H2,1-3H3. The highest BCUT2D eigenvalue weighted by molar-refractivity contribution is 5.76. The highest BCUT2D eigenvalue weighted by Crippen LogP contribution is 2.22. The number of carbonyl (C=O) groups excluding carboxylic acids is 1. The van der Waals surface area contributed by atoms with Gasteiger partial charge in [-0.25, -0.2) is 4.98 Å². The number of aryl methyl sites for hydroxylation is 1. The van der Waals surface area contributed by atoms with Crippen molar-refractivity contribution in [2.45, 2.75) is 52.5 Å². The van der Waals surface area contributed by atoms with E-state index in [1.165, 1.54) is 11.5 Å². The lowest BCUT2D eigenvalue weighted by atomic mass is 9.93. The molecule has 1 fully saturated rings. The summed E-state index contributed by atoms with van der Waals surface area (Å²) in [5, 5.41) is 0. The Morgan fingerprint density at radius 1 is 1.41 bits per heavy atom. The zero-order valence-corrected chi connectivity index (χ0v) is 14.2. The summed E-state index contributed by atoms with van der Waals surface area (Å²) >= 11 is 0. The number of methoxy groups -OCH3 is 1. The molecule has 5 heteroatoms. The first-order valence-electron chi connectivity index (χ1n) is 8.43. The summed E-state index contributed by atoms with van der Waals surface area (Å²) in [6.07, 6.45) is 6.81.